The molecule has 1 aliphatic rings. The Labute approximate surface area is 69.1 Å². The van der Waals surface area contributed by atoms with Crippen LogP contribution in [0.15, 0.2) is 0 Å². The maximum Gasteiger partial charge on any atom is 0.336 e. The van der Waals surface area contributed by atoms with E-state index in [1.54, 1.807) is 6.92 Å². The fourth-order valence-corrected chi connectivity index (χ4v) is 0.881. The van der Waals surface area contributed by atoms with Gasteiger partial charge in [0.15, 0.2) is 0 Å². The van der Waals surface area contributed by atoms with Crippen molar-refractivity contribution in [3.05, 3.63) is 0 Å². The van der Waals surface area contributed by atoms with E-state index in [4.69, 9.17) is 0 Å². The van der Waals surface area contributed by atoms with Crippen LogP contribution >= 0.6 is 0 Å². The molecule has 0 aromatic rings. The Morgan fingerprint density at radius 2 is 2.33 bits per heavy atom. The van der Waals surface area contributed by atoms with Crippen molar-refractivity contribution in [1.29, 1.82) is 0 Å². The molecule has 1 saturated heterocycles. The van der Waals surface area contributed by atoms with Crippen LogP contribution in [0.5, 0.6) is 0 Å². The highest BCUT2D eigenvalue weighted by atomic mass is 16.6. The SMILES string of the molecule is CCC(=O)N[C@H]1CC(=O)OC1=O. The second-order valence-electron chi connectivity index (χ2n) is 2.47. The molecule has 1 amide bonds. The lowest BCUT2D eigenvalue weighted by molar-refractivity contribution is -0.153. The van der Waals surface area contributed by atoms with Crippen LogP contribution < -0.4 is 5.32 Å². The van der Waals surface area contributed by atoms with Crippen molar-refractivity contribution in [3.8, 4) is 0 Å². The molecular formula is C7H9NO4. The van der Waals surface area contributed by atoms with Crippen LogP contribution in [-0.4, -0.2) is 23.9 Å². The summed E-state index contributed by atoms with van der Waals surface area (Å²) in [6, 6.07) is -0.773. The molecule has 1 N–H and O–H groups in total. The van der Waals surface area contributed by atoms with Gasteiger partial charge in [-0.3, -0.25) is 9.59 Å². The molecule has 0 aliphatic carbocycles. The Morgan fingerprint density at radius 3 is 2.75 bits per heavy atom. The first-order valence-electron chi connectivity index (χ1n) is 3.67. The highest BCUT2D eigenvalue weighted by Gasteiger charge is 2.33. The summed E-state index contributed by atoms with van der Waals surface area (Å²) in [6.07, 6.45) is 0.239. The smallest absolute Gasteiger partial charge is 0.336 e. The van der Waals surface area contributed by atoms with E-state index >= 15 is 0 Å². The van der Waals surface area contributed by atoms with Gasteiger partial charge >= 0.3 is 11.9 Å². The van der Waals surface area contributed by atoms with Crippen molar-refractivity contribution < 1.29 is 19.1 Å². The molecular weight excluding hydrogens is 162 g/mol. The van der Waals surface area contributed by atoms with E-state index in [2.05, 4.69) is 10.1 Å². The highest BCUT2D eigenvalue weighted by molar-refractivity contribution is 5.98. The molecule has 5 heteroatoms. The minimum absolute atomic E-state index is 0.0510. The predicted octanol–water partition coefficient (Wildman–Crippen LogP) is -0.645. The Balaban J connectivity index is 2.48. The molecule has 1 rings (SSSR count). The van der Waals surface area contributed by atoms with Crippen molar-refractivity contribution in [1.82, 2.24) is 5.32 Å². The Kier molecular flexibility index (Phi) is 2.42. The van der Waals surface area contributed by atoms with Crippen molar-refractivity contribution in [2.45, 2.75) is 25.8 Å². The number of rotatable bonds is 2. The summed E-state index contributed by atoms with van der Waals surface area (Å²) in [7, 11) is 0. The van der Waals surface area contributed by atoms with Gasteiger partial charge in [0.25, 0.3) is 0 Å². The summed E-state index contributed by atoms with van der Waals surface area (Å²) < 4.78 is 4.23. The van der Waals surface area contributed by atoms with Gasteiger partial charge in [-0.25, -0.2) is 4.79 Å². The van der Waals surface area contributed by atoms with Crippen molar-refractivity contribution in [2.75, 3.05) is 0 Å². The van der Waals surface area contributed by atoms with Crippen LogP contribution in [0.1, 0.15) is 19.8 Å². The Morgan fingerprint density at radius 1 is 1.67 bits per heavy atom. The maximum absolute atomic E-state index is 10.8. The summed E-state index contributed by atoms with van der Waals surface area (Å²) in [5.41, 5.74) is 0. The summed E-state index contributed by atoms with van der Waals surface area (Å²) in [5.74, 6) is -1.50. The van der Waals surface area contributed by atoms with Crippen molar-refractivity contribution in [3.63, 3.8) is 0 Å². The molecule has 1 aliphatic heterocycles. The third kappa shape index (κ3) is 1.81. The van der Waals surface area contributed by atoms with Crippen molar-refractivity contribution >= 4 is 17.8 Å². The molecule has 0 saturated carbocycles. The third-order valence-corrected chi connectivity index (χ3v) is 1.53. The predicted molar refractivity (Wildman–Crippen MR) is 37.9 cm³/mol. The van der Waals surface area contributed by atoms with E-state index in [1.807, 2.05) is 0 Å². The summed E-state index contributed by atoms with van der Waals surface area (Å²) >= 11 is 0. The zero-order chi connectivity index (χ0) is 9.14. The number of hydrogen-bond acceptors (Lipinski definition) is 4. The summed E-state index contributed by atoms with van der Waals surface area (Å²) in [5, 5.41) is 2.37. The minimum atomic E-state index is -0.773. The largest absolute Gasteiger partial charge is 0.392 e. The number of cyclic esters (lactones) is 2. The maximum atomic E-state index is 10.8. The van der Waals surface area contributed by atoms with E-state index in [-0.39, 0.29) is 18.7 Å². The highest BCUT2D eigenvalue weighted by Crippen LogP contribution is 2.07. The average Bonchev–Trinajstić information content (AvgIpc) is 2.30. The Hall–Kier alpha value is -1.39. The van der Waals surface area contributed by atoms with Gasteiger partial charge in [-0.1, -0.05) is 6.92 Å². The fraction of sp³-hybridized carbons (Fsp3) is 0.571. The van der Waals surface area contributed by atoms with Gasteiger partial charge in [-0.05, 0) is 0 Å². The molecule has 0 radical (unpaired) electrons. The van der Waals surface area contributed by atoms with E-state index in [9.17, 15) is 14.4 Å². The molecule has 66 valence electrons. The van der Waals surface area contributed by atoms with E-state index in [1.165, 1.54) is 0 Å². The normalized spacial score (nSPS) is 22.2. The lowest BCUT2D eigenvalue weighted by Crippen LogP contribution is -2.37. The first kappa shape index (κ1) is 8.70. The number of nitrogens with one attached hydrogen (secondary N) is 1. The molecule has 0 aromatic carbocycles. The van der Waals surface area contributed by atoms with Crippen LogP contribution in [0.2, 0.25) is 0 Å². The van der Waals surface area contributed by atoms with E-state index in [0.29, 0.717) is 0 Å². The van der Waals surface area contributed by atoms with Gasteiger partial charge in [-0.2, -0.15) is 0 Å². The molecule has 1 atom stereocenters. The first-order valence-corrected chi connectivity index (χ1v) is 3.67. The van der Waals surface area contributed by atoms with E-state index in [0.717, 1.165) is 0 Å². The van der Waals surface area contributed by atoms with Crippen LogP contribution in [0.25, 0.3) is 0 Å². The van der Waals surface area contributed by atoms with E-state index < -0.39 is 18.0 Å². The van der Waals surface area contributed by atoms with Gasteiger partial charge in [0, 0.05) is 6.42 Å². The summed E-state index contributed by atoms with van der Waals surface area (Å²) in [4.78, 5) is 32.1. The van der Waals surface area contributed by atoms with Crippen LogP contribution in [0.4, 0.5) is 0 Å². The number of esters is 2. The Bertz CT molecular complexity index is 236. The molecule has 12 heavy (non-hydrogen) atoms. The standard InChI is InChI=1S/C7H9NO4/c1-2-5(9)8-4-3-6(10)12-7(4)11/h4H,2-3H2,1H3,(H,8,9)/t4-/m0/s1. The monoisotopic (exact) mass is 171 g/mol. The van der Waals surface area contributed by atoms with Crippen LogP contribution in [-0.2, 0) is 19.1 Å². The zero-order valence-corrected chi connectivity index (χ0v) is 6.62. The second-order valence-corrected chi connectivity index (χ2v) is 2.47. The number of carbonyl (C=O) groups is 3. The second kappa shape index (κ2) is 3.34. The van der Waals surface area contributed by atoms with Gasteiger partial charge < -0.3 is 10.1 Å². The molecule has 0 bridgehead atoms. The van der Waals surface area contributed by atoms with Gasteiger partial charge in [0.05, 0.1) is 6.42 Å². The van der Waals surface area contributed by atoms with Gasteiger partial charge in [0.1, 0.15) is 6.04 Å². The average molecular weight is 171 g/mol. The quantitative estimate of drug-likeness (QED) is 0.443. The topological polar surface area (TPSA) is 72.5 Å². The molecule has 0 unspecified atom stereocenters. The number of ether oxygens (including phenoxy) is 1. The number of amides is 1. The molecule has 0 aromatic heterocycles. The minimum Gasteiger partial charge on any atom is -0.392 e. The number of carbonyl (C=O) groups excluding carboxylic acids is 3. The molecule has 1 heterocycles. The molecule has 0 spiro atoms. The van der Waals surface area contributed by atoms with Crippen LogP contribution in [0, 0.1) is 0 Å². The molecule has 1 fully saturated rings. The van der Waals surface area contributed by atoms with Gasteiger partial charge in [0.2, 0.25) is 5.91 Å². The zero-order valence-electron chi connectivity index (χ0n) is 6.62. The number of hydrogen-bond donors (Lipinski definition) is 1. The van der Waals surface area contributed by atoms with Gasteiger partial charge in [-0.15, -0.1) is 0 Å². The van der Waals surface area contributed by atoms with Crippen LogP contribution in [0.3, 0.4) is 0 Å². The summed E-state index contributed by atoms with van der Waals surface area (Å²) in [6.45, 7) is 1.66. The van der Waals surface area contributed by atoms with Crippen molar-refractivity contribution in [2.24, 2.45) is 0 Å². The first-order chi connectivity index (χ1) is 5.63. The fourth-order valence-electron chi connectivity index (χ4n) is 0.881. The molecule has 5 nitrogen and oxygen atoms in total. The lowest BCUT2D eigenvalue weighted by atomic mass is 10.2. The third-order valence-electron chi connectivity index (χ3n) is 1.53. The lowest BCUT2D eigenvalue weighted by Gasteiger charge is -2.05.